The van der Waals surface area contributed by atoms with Gasteiger partial charge in [0.1, 0.15) is 5.58 Å². The lowest BCUT2D eigenvalue weighted by molar-refractivity contribution is 0.664. The molecule has 2 aliphatic rings. The van der Waals surface area contributed by atoms with Crippen molar-refractivity contribution in [1.29, 1.82) is 0 Å². The van der Waals surface area contributed by atoms with Gasteiger partial charge in [0, 0.05) is 49.7 Å². The molecular formula is C36H26N2O. The van der Waals surface area contributed by atoms with Crippen molar-refractivity contribution in [3.05, 3.63) is 120 Å². The van der Waals surface area contributed by atoms with Crippen molar-refractivity contribution < 1.29 is 4.42 Å². The Kier molecular flexibility index (Phi) is 4.28. The van der Waals surface area contributed by atoms with Gasteiger partial charge in [0.05, 0.1) is 16.7 Å². The zero-order valence-corrected chi connectivity index (χ0v) is 21.5. The Bertz CT molecular complexity index is 2180. The van der Waals surface area contributed by atoms with E-state index in [1.54, 1.807) is 0 Å². The van der Waals surface area contributed by atoms with Gasteiger partial charge >= 0.3 is 0 Å². The van der Waals surface area contributed by atoms with Crippen LogP contribution in [-0.4, -0.2) is 9.13 Å². The van der Waals surface area contributed by atoms with Crippen LogP contribution in [-0.2, 0) is 12.8 Å². The fourth-order valence-corrected chi connectivity index (χ4v) is 7.00. The first-order valence-electron chi connectivity index (χ1n) is 13.9. The average molecular weight is 503 g/mol. The topological polar surface area (TPSA) is 23.0 Å². The van der Waals surface area contributed by atoms with Gasteiger partial charge in [0.25, 0.3) is 0 Å². The maximum atomic E-state index is 6.66. The van der Waals surface area contributed by atoms with Crippen LogP contribution in [0.2, 0.25) is 0 Å². The molecule has 4 aromatic carbocycles. The SMILES string of the molecule is C1=Cc2c(n(-c3ccc4oc5c(-n6c7c(c8ccccc86)C=CCC7)cccc5c4c3)c3ccccc23)CC1. The molecule has 0 amide bonds. The Morgan fingerprint density at radius 3 is 1.95 bits per heavy atom. The molecule has 0 unspecified atom stereocenters. The summed E-state index contributed by atoms with van der Waals surface area (Å²) >= 11 is 0. The average Bonchev–Trinajstić information content (AvgIpc) is 3.65. The molecule has 39 heavy (non-hydrogen) atoms. The molecule has 3 aromatic heterocycles. The van der Waals surface area contributed by atoms with Gasteiger partial charge in [-0.2, -0.15) is 0 Å². The minimum absolute atomic E-state index is 0.927. The number of benzene rings is 4. The summed E-state index contributed by atoms with van der Waals surface area (Å²) in [5, 5.41) is 4.94. The van der Waals surface area contributed by atoms with Crippen LogP contribution in [0.15, 0.2) is 101 Å². The predicted molar refractivity (Wildman–Crippen MR) is 162 cm³/mol. The Balaban J connectivity index is 1.31. The van der Waals surface area contributed by atoms with Crippen LogP contribution in [0.1, 0.15) is 35.4 Å². The molecule has 2 aliphatic carbocycles. The minimum atomic E-state index is 0.927. The molecule has 0 saturated heterocycles. The molecule has 186 valence electrons. The molecule has 3 nitrogen and oxygen atoms in total. The molecule has 0 aliphatic heterocycles. The van der Waals surface area contributed by atoms with Gasteiger partial charge in [-0.05, 0) is 62.1 Å². The number of hydrogen-bond donors (Lipinski definition) is 0. The molecule has 0 fully saturated rings. The van der Waals surface area contributed by atoms with E-state index in [2.05, 4.69) is 118 Å². The summed E-state index contributed by atoms with van der Waals surface area (Å²) in [6.45, 7) is 0. The van der Waals surface area contributed by atoms with Gasteiger partial charge < -0.3 is 13.6 Å². The maximum absolute atomic E-state index is 6.66. The molecule has 7 aromatic rings. The molecule has 0 atom stereocenters. The Morgan fingerprint density at radius 2 is 1.21 bits per heavy atom. The van der Waals surface area contributed by atoms with Gasteiger partial charge in [0.15, 0.2) is 5.58 Å². The van der Waals surface area contributed by atoms with Crippen molar-refractivity contribution in [3.63, 3.8) is 0 Å². The quantitative estimate of drug-likeness (QED) is 0.231. The molecule has 0 saturated carbocycles. The number of fused-ring (bicyclic) bond motifs is 9. The summed E-state index contributed by atoms with van der Waals surface area (Å²) in [7, 11) is 0. The highest BCUT2D eigenvalue weighted by Gasteiger charge is 2.22. The number of nitrogens with zero attached hydrogens (tertiary/aromatic N) is 2. The third-order valence-corrected chi connectivity index (χ3v) is 8.66. The second-order valence-electron chi connectivity index (χ2n) is 10.7. The molecule has 0 spiro atoms. The smallest absolute Gasteiger partial charge is 0.159 e. The highest BCUT2D eigenvalue weighted by molar-refractivity contribution is 6.09. The van der Waals surface area contributed by atoms with Gasteiger partial charge in [-0.1, -0.05) is 72.8 Å². The molecule has 0 N–H and O–H groups in total. The van der Waals surface area contributed by atoms with E-state index >= 15 is 0 Å². The third kappa shape index (κ3) is 2.87. The first-order valence-corrected chi connectivity index (χ1v) is 13.9. The Hall–Kier alpha value is -4.76. The van der Waals surface area contributed by atoms with Gasteiger partial charge in [-0.15, -0.1) is 0 Å². The highest BCUT2D eigenvalue weighted by atomic mass is 16.3. The molecule has 3 heteroatoms. The van der Waals surface area contributed by atoms with Crippen molar-refractivity contribution >= 4 is 55.9 Å². The summed E-state index contributed by atoms with van der Waals surface area (Å²) in [5.74, 6) is 0. The molecule has 3 heterocycles. The van der Waals surface area contributed by atoms with Crippen LogP contribution in [0.25, 0.3) is 67.3 Å². The van der Waals surface area contributed by atoms with E-state index in [9.17, 15) is 0 Å². The van der Waals surface area contributed by atoms with E-state index in [4.69, 9.17) is 4.42 Å². The number of aromatic nitrogens is 2. The van der Waals surface area contributed by atoms with Gasteiger partial charge in [0.2, 0.25) is 0 Å². The van der Waals surface area contributed by atoms with Crippen molar-refractivity contribution in [2.45, 2.75) is 25.7 Å². The van der Waals surface area contributed by atoms with Crippen molar-refractivity contribution in [1.82, 2.24) is 9.13 Å². The number of hydrogen-bond acceptors (Lipinski definition) is 1. The van der Waals surface area contributed by atoms with E-state index < -0.39 is 0 Å². The van der Waals surface area contributed by atoms with E-state index in [1.807, 2.05) is 0 Å². The summed E-state index contributed by atoms with van der Waals surface area (Å²) in [4.78, 5) is 0. The first kappa shape index (κ1) is 21.2. The number of rotatable bonds is 2. The van der Waals surface area contributed by atoms with Crippen LogP contribution in [0.3, 0.4) is 0 Å². The van der Waals surface area contributed by atoms with Crippen LogP contribution in [0, 0.1) is 0 Å². The van der Waals surface area contributed by atoms with Gasteiger partial charge in [-0.3, -0.25) is 0 Å². The predicted octanol–water partition coefficient (Wildman–Crippen LogP) is 9.39. The fraction of sp³-hybridized carbons (Fsp3) is 0.111. The van der Waals surface area contributed by atoms with E-state index in [0.29, 0.717) is 0 Å². The lowest BCUT2D eigenvalue weighted by Crippen LogP contribution is -2.03. The van der Waals surface area contributed by atoms with Crippen LogP contribution >= 0.6 is 0 Å². The van der Waals surface area contributed by atoms with Crippen molar-refractivity contribution in [2.24, 2.45) is 0 Å². The second kappa shape index (κ2) is 7.87. The molecule has 0 radical (unpaired) electrons. The summed E-state index contributed by atoms with van der Waals surface area (Å²) in [6.07, 6.45) is 13.4. The summed E-state index contributed by atoms with van der Waals surface area (Å²) in [5.41, 5.74) is 12.1. The largest absolute Gasteiger partial charge is 0.454 e. The van der Waals surface area contributed by atoms with Crippen molar-refractivity contribution in [3.8, 4) is 11.4 Å². The van der Waals surface area contributed by atoms with Gasteiger partial charge in [-0.25, -0.2) is 0 Å². The lowest BCUT2D eigenvalue weighted by Gasteiger charge is -2.13. The molecular weight excluding hydrogens is 476 g/mol. The zero-order chi connectivity index (χ0) is 25.5. The number of allylic oxidation sites excluding steroid dienone is 2. The minimum Gasteiger partial charge on any atom is -0.454 e. The zero-order valence-electron chi connectivity index (χ0n) is 21.5. The van der Waals surface area contributed by atoms with Crippen LogP contribution in [0.4, 0.5) is 0 Å². The monoisotopic (exact) mass is 502 g/mol. The summed E-state index contributed by atoms with van der Waals surface area (Å²) < 4.78 is 11.5. The molecule has 9 rings (SSSR count). The fourth-order valence-electron chi connectivity index (χ4n) is 7.00. The number of para-hydroxylation sites is 3. The van der Waals surface area contributed by atoms with E-state index in [0.717, 1.165) is 53.3 Å². The molecule has 0 bridgehead atoms. The third-order valence-electron chi connectivity index (χ3n) is 8.66. The second-order valence-corrected chi connectivity index (χ2v) is 10.7. The highest BCUT2D eigenvalue weighted by Crippen LogP contribution is 2.40. The maximum Gasteiger partial charge on any atom is 0.159 e. The Morgan fingerprint density at radius 1 is 0.564 bits per heavy atom. The van der Waals surface area contributed by atoms with Crippen LogP contribution < -0.4 is 0 Å². The lowest BCUT2D eigenvalue weighted by atomic mass is 10.0. The summed E-state index contributed by atoms with van der Waals surface area (Å²) in [6, 6.07) is 30.8. The van der Waals surface area contributed by atoms with Crippen LogP contribution in [0.5, 0.6) is 0 Å². The van der Waals surface area contributed by atoms with E-state index in [-0.39, 0.29) is 0 Å². The van der Waals surface area contributed by atoms with E-state index in [1.165, 1.54) is 50.0 Å². The standard InChI is InChI=1S/C36H26N2O/c1-5-15-30-24(10-1)25-11-2-6-16-31(25)37(30)23-20-21-35-29(22-23)28-14-9-19-34(36(28)39-35)38-32-17-7-3-12-26(32)27-13-4-8-18-33(27)38/h1-5,7,9-15,17,19-22H,6,8,16,18H2. The van der Waals surface area contributed by atoms with Crippen molar-refractivity contribution in [2.75, 3.05) is 0 Å². The first-order chi connectivity index (χ1) is 19.4. The normalized spacial score (nSPS) is 14.6. The Labute approximate surface area is 225 Å². The number of furan rings is 1.